The lowest BCUT2D eigenvalue weighted by Crippen LogP contribution is -2.26. The van der Waals surface area contributed by atoms with Crippen LogP contribution in [0.25, 0.3) is 11.0 Å². The molecule has 25 heavy (non-hydrogen) atoms. The van der Waals surface area contributed by atoms with Crippen LogP contribution in [0.4, 0.5) is 0 Å². The monoisotopic (exact) mass is 433 g/mol. The van der Waals surface area contributed by atoms with Gasteiger partial charge in [0, 0.05) is 28.1 Å². The van der Waals surface area contributed by atoms with Crippen molar-refractivity contribution in [2.45, 2.75) is 10.6 Å². The molecule has 5 nitrogen and oxygen atoms in total. The van der Waals surface area contributed by atoms with Crippen molar-refractivity contribution < 1.29 is 8.42 Å². The highest BCUT2D eigenvalue weighted by molar-refractivity contribution is 7.98. The van der Waals surface area contributed by atoms with E-state index in [-0.39, 0.29) is 4.90 Å². The van der Waals surface area contributed by atoms with Crippen LogP contribution in [0.3, 0.4) is 0 Å². The topological polar surface area (TPSA) is 72.0 Å². The molecule has 1 aromatic heterocycles. The van der Waals surface area contributed by atoms with E-state index in [9.17, 15) is 8.42 Å². The summed E-state index contributed by atoms with van der Waals surface area (Å²) in [6, 6.07) is 10.3. The van der Waals surface area contributed by atoms with Crippen molar-refractivity contribution in [3.63, 3.8) is 0 Å². The van der Waals surface area contributed by atoms with E-state index in [4.69, 9.17) is 23.2 Å². The third-order valence-corrected chi connectivity index (χ3v) is 7.11. The maximum absolute atomic E-state index is 12.5. The molecule has 0 amide bonds. The predicted octanol–water partition coefficient (Wildman–Crippen LogP) is 4.21. The van der Waals surface area contributed by atoms with Gasteiger partial charge in [0.25, 0.3) is 0 Å². The molecule has 1 heterocycles. The number of nitrogens with zero attached hydrogens (tertiary/aromatic N) is 2. The first-order valence-electron chi connectivity index (χ1n) is 7.20. The summed E-state index contributed by atoms with van der Waals surface area (Å²) in [6.45, 7) is 0.295. The van der Waals surface area contributed by atoms with Gasteiger partial charge >= 0.3 is 0 Å². The fourth-order valence-electron chi connectivity index (χ4n) is 2.17. The molecule has 0 aliphatic carbocycles. The van der Waals surface area contributed by atoms with E-state index < -0.39 is 10.0 Å². The molecule has 0 spiro atoms. The SMILES string of the molecule is O=S(=O)(NCCSCc1c(Cl)cccc1Cl)c1cccc2nsnc12. The van der Waals surface area contributed by atoms with Gasteiger partial charge in [0.05, 0.1) is 11.7 Å². The molecule has 0 fully saturated rings. The summed E-state index contributed by atoms with van der Waals surface area (Å²) in [5.74, 6) is 1.21. The molecule has 3 rings (SSSR count). The van der Waals surface area contributed by atoms with Crippen molar-refractivity contribution in [1.29, 1.82) is 0 Å². The average Bonchev–Trinajstić information content (AvgIpc) is 3.05. The largest absolute Gasteiger partial charge is 0.242 e. The standard InChI is InChI=1S/C15H13Cl2N3O2S3/c16-11-3-1-4-12(17)10(11)9-23-8-7-18-25(21,22)14-6-2-5-13-15(14)20-24-19-13/h1-6,18H,7-9H2. The highest BCUT2D eigenvalue weighted by atomic mass is 35.5. The van der Waals surface area contributed by atoms with E-state index in [0.29, 0.717) is 39.1 Å². The minimum Gasteiger partial charge on any atom is -0.210 e. The van der Waals surface area contributed by atoms with Gasteiger partial charge in [-0.2, -0.15) is 20.5 Å². The normalized spacial score (nSPS) is 11.9. The number of nitrogens with one attached hydrogen (secondary N) is 1. The molecule has 0 unspecified atom stereocenters. The second kappa shape index (κ2) is 8.20. The Morgan fingerprint density at radius 1 is 1.08 bits per heavy atom. The Kier molecular flexibility index (Phi) is 6.19. The van der Waals surface area contributed by atoms with Crippen molar-refractivity contribution in [2.24, 2.45) is 0 Å². The van der Waals surface area contributed by atoms with Gasteiger partial charge in [0.1, 0.15) is 15.9 Å². The second-order valence-electron chi connectivity index (χ2n) is 5.04. The lowest BCUT2D eigenvalue weighted by atomic mass is 10.2. The molecular weight excluding hydrogens is 421 g/mol. The molecule has 1 N–H and O–H groups in total. The van der Waals surface area contributed by atoms with Crippen LogP contribution in [0.5, 0.6) is 0 Å². The van der Waals surface area contributed by atoms with Crippen LogP contribution in [0.1, 0.15) is 5.56 Å². The molecule has 0 saturated carbocycles. The Hall–Kier alpha value is -0.900. The van der Waals surface area contributed by atoms with Crippen molar-refractivity contribution in [2.75, 3.05) is 12.3 Å². The van der Waals surface area contributed by atoms with Crippen molar-refractivity contribution in [1.82, 2.24) is 13.5 Å². The zero-order chi connectivity index (χ0) is 17.9. The Morgan fingerprint density at radius 2 is 1.80 bits per heavy atom. The van der Waals surface area contributed by atoms with E-state index in [1.54, 1.807) is 42.1 Å². The molecule has 132 valence electrons. The number of rotatable bonds is 7. The van der Waals surface area contributed by atoms with Gasteiger partial charge in [-0.1, -0.05) is 35.3 Å². The van der Waals surface area contributed by atoms with Gasteiger partial charge in [-0.15, -0.1) is 0 Å². The summed E-state index contributed by atoms with van der Waals surface area (Å²) in [6.07, 6.45) is 0. The highest BCUT2D eigenvalue weighted by Gasteiger charge is 2.18. The van der Waals surface area contributed by atoms with E-state index in [0.717, 1.165) is 17.3 Å². The molecule has 0 bridgehead atoms. The summed E-state index contributed by atoms with van der Waals surface area (Å²) in [5.41, 5.74) is 1.84. The first-order chi connectivity index (χ1) is 12.0. The van der Waals surface area contributed by atoms with E-state index >= 15 is 0 Å². The van der Waals surface area contributed by atoms with E-state index in [1.165, 1.54) is 6.07 Å². The molecule has 0 saturated heterocycles. The number of hydrogen-bond donors (Lipinski definition) is 1. The van der Waals surface area contributed by atoms with Crippen LogP contribution in [0.2, 0.25) is 10.0 Å². The smallest absolute Gasteiger partial charge is 0.210 e. The van der Waals surface area contributed by atoms with Gasteiger partial charge in [-0.25, -0.2) is 13.1 Å². The minimum absolute atomic E-state index is 0.151. The van der Waals surface area contributed by atoms with Crippen LogP contribution < -0.4 is 4.72 Å². The van der Waals surface area contributed by atoms with Gasteiger partial charge < -0.3 is 0 Å². The Bertz CT molecular complexity index is 972. The van der Waals surface area contributed by atoms with E-state index in [1.807, 2.05) is 0 Å². The van der Waals surface area contributed by atoms with Gasteiger partial charge in [0.15, 0.2) is 0 Å². The average molecular weight is 434 g/mol. The zero-order valence-electron chi connectivity index (χ0n) is 12.8. The molecule has 2 aromatic carbocycles. The van der Waals surface area contributed by atoms with Crippen LogP contribution in [-0.4, -0.2) is 29.5 Å². The lowest BCUT2D eigenvalue weighted by Gasteiger charge is -2.08. The zero-order valence-corrected chi connectivity index (χ0v) is 16.7. The number of sulfonamides is 1. The summed E-state index contributed by atoms with van der Waals surface area (Å²) >= 11 is 14.8. The molecule has 0 aliphatic heterocycles. The number of fused-ring (bicyclic) bond motifs is 1. The summed E-state index contributed by atoms with van der Waals surface area (Å²) in [5, 5.41) is 1.23. The molecule has 0 aliphatic rings. The Morgan fingerprint density at radius 3 is 2.56 bits per heavy atom. The summed E-state index contributed by atoms with van der Waals surface area (Å²) < 4.78 is 35.6. The number of hydrogen-bond acceptors (Lipinski definition) is 6. The van der Waals surface area contributed by atoms with Crippen LogP contribution in [-0.2, 0) is 15.8 Å². The third-order valence-electron chi connectivity index (χ3n) is 3.39. The highest BCUT2D eigenvalue weighted by Crippen LogP contribution is 2.28. The van der Waals surface area contributed by atoms with Crippen molar-refractivity contribution >= 4 is 67.7 Å². The van der Waals surface area contributed by atoms with Crippen molar-refractivity contribution in [3.05, 3.63) is 52.0 Å². The fraction of sp³-hybridized carbons (Fsp3) is 0.200. The van der Waals surface area contributed by atoms with Crippen LogP contribution in [0, 0.1) is 0 Å². The minimum atomic E-state index is -3.63. The molecule has 0 radical (unpaired) electrons. The number of halogens is 2. The molecular formula is C15H13Cl2N3O2S3. The number of thioether (sulfide) groups is 1. The van der Waals surface area contributed by atoms with Gasteiger partial charge in [-0.3, -0.25) is 0 Å². The Labute approximate surface area is 164 Å². The maximum atomic E-state index is 12.5. The Balaban J connectivity index is 1.57. The lowest BCUT2D eigenvalue weighted by molar-refractivity contribution is 0.585. The second-order valence-corrected chi connectivity index (χ2v) is 9.22. The third kappa shape index (κ3) is 4.45. The van der Waals surface area contributed by atoms with Crippen LogP contribution in [0.15, 0.2) is 41.3 Å². The molecule has 0 atom stereocenters. The van der Waals surface area contributed by atoms with Gasteiger partial charge in [0.2, 0.25) is 10.0 Å². The molecule has 10 heteroatoms. The maximum Gasteiger partial charge on any atom is 0.242 e. The number of aromatic nitrogens is 2. The first-order valence-corrected chi connectivity index (χ1v) is 11.3. The van der Waals surface area contributed by atoms with Gasteiger partial charge in [-0.05, 0) is 29.8 Å². The first kappa shape index (κ1) is 18.9. The summed E-state index contributed by atoms with van der Waals surface area (Å²) in [4.78, 5) is 0.151. The number of benzene rings is 2. The summed E-state index contributed by atoms with van der Waals surface area (Å²) in [7, 11) is -3.63. The van der Waals surface area contributed by atoms with Crippen molar-refractivity contribution in [3.8, 4) is 0 Å². The van der Waals surface area contributed by atoms with Crippen LogP contribution >= 0.6 is 46.7 Å². The van der Waals surface area contributed by atoms with E-state index in [2.05, 4.69) is 13.5 Å². The predicted molar refractivity (Wildman–Crippen MR) is 105 cm³/mol. The fourth-order valence-corrected chi connectivity index (χ4v) is 5.69. The quantitative estimate of drug-likeness (QED) is 0.564. The molecule has 3 aromatic rings.